The lowest BCUT2D eigenvalue weighted by atomic mass is 9.97. The Balaban J connectivity index is 1.83. The molecule has 1 unspecified atom stereocenters. The van der Waals surface area contributed by atoms with E-state index in [-0.39, 0.29) is 5.91 Å². The van der Waals surface area contributed by atoms with Gasteiger partial charge in [-0.25, -0.2) is 0 Å². The lowest BCUT2D eigenvalue weighted by molar-refractivity contribution is -0.135. The maximum absolute atomic E-state index is 12.4. The largest absolute Gasteiger partial charge is 0.493 e. The van der Waals surface area contributed by atoms with Gasteiger partial charge in [0.1, 0.15) is 11.7 Å². The van der Waals surface area contributed by atoms with Crippen LogP contribution in [0.4, 0.5) is 0 Å². The molecule has 118 valence electrons. The quantitative estimate of drug-likeness (QED) is 0.839. The molecule has 1 saturated heterocycles. The van der Waals surface area contributed by atoms with Crippen molar-refractivity contribution >= 4 is 5.91 Å². The monoisotopic (exact) mass is 300 g/mol. The molecular weight excluding hydrogens is 276 g/mol. The molecule has 4 heteroatoms. The van der Waals surface area contributed by atoms with Crippen molar-refractivity contribution in [1.82, 2.24) is 4.90 Å². The molecule has 1 aromatic rings. The molecule has 1 aliphatic heterocycles. The molecule has 0 aliphatic carbocycles. The highest BCUT2D eigenvalue weighted by atomic mass is 16.5. The van der Waals surface area contributed by atoms with Crippen LogP contribution in [-0.2, 0) is 4.79 Å². The topological polar surface area (TPSA) is 53.3 Å². The number of aryl methyl sites for hydroxylation is 1. The van der Waals surface area contributed by atoms with Gasteiger partial charge in [0.15, 0.2) is 0 Å². The van der Waals surface area contributed by atoms with Crippen LogP contribution in [0.5, 0.6) is 5.75 Å². The van der Waals surface area contributed by atoms with Crippen LogP contribution in [0.15, 0.2) is 24.3 Å². The first-order valence-electron chi connectivity index (χ1n) is 7.98. The molecule has 1 fully saturated rings. The lowest BCUT2D eigenvalue weighted by Gasteiger charge is -2.31. The van der Waals surface area contributed by atoms with Gasteiger partial charge >= 0.3 is 0 Å². The summed E-state index contributed by atoms with van der Waals surface area (Å²) < 4.78 is 5.70. The maximum Gasteiger partial charge on any atom is 0.240 e. The summed E-state index contributed by atoms with van der Waals surface area (Å²) in [6, 6.07) is 9.91. The van der Waals surface area contributed by atoms with Crippen molar-refractivity contribution in [3.63, 3.8) is 0 Å². The van der Waals surface area contributed by atoms with E-state index in [0.29, 0.717) is 18.9 Å². The zero-order valence-corrected chi connectivity index (χ0v) is 13.4. The van der Waals surface area contributed by atoms with Crippen molar-refractivity contribution in [3.8, 4) is 11.8 Å². The molecule has 1 atom stereocenters. The number of carbonyl (C=O) groups excluding carboxylic acids is 1. The van der Waals surface area contributed by atoms with Crippen LogP contribution in [0.2, 0.25) is 0 Å². The van der Waals surface area contributed by atoms with Crippen LogP contribution in [0.1, 0.15) is 31.7 Å². The molecular formula is C18H24N2O2. The van der Waals surface area contributed by atoms with Gasteiger partial charge in [0, 0.05) is 19.5 Å². The van der Waals surface area contributed by atoms with Crippen molar-refractivity contribution in [2.75, 3.05) is 19.7 Å². The van der Waals surface area contributed by atoms with Gasteiger partial charge in [-0.3, -0.25) is 4.79 Å². The number of likely N-dealkylation sites (tertiary alicyclic amines) is 1. The number of rotatable bonds is 5. The van der Waals surface area contributed by atoms with E-state index in [1.54, 1.807) is 0 Å². The molecule has 22 heavy (non-hydrogen) atoms. The number of amides is 1. The number of carbonyl (C=O) groups is 1. The number of ether oxygens (including phenoxy) is 1. The van der Waals surface area contributed by atoms with Crippen molar-refractivity contribution in [2.45, 2.75) is 33.1 Å². The fourth-order valence-electron chi connectivity index (χ4n) is 2.70. The van der Waals surface area contributed by atoms with Crippen LogP contribution in [0, 0.1) is 30.1 Å². The van der Waals surface area contributed by atoms with Crippen molar-refractivity contribution in [2.24, 2.45) is 11.8 Å². The summed E-state index contributed by atoms with van der Waals surface area (Å²) in [6.45, 7) is 6.13. The normalized spacial score (nSPS) is 16.9. The van der Waals surface area contributed by atoms with Crippen molar-refractivity contribution < 1.29 is 9.53 Å². The summed E-state index contributed by atoms with van der Waals surface area (Å²) in [7, 11) is 0. The van der Waals surface area contributed by atoms with E-state index in [1.165, 1.54) is 0 Å². The molecule has 0 bridgehead atoms. The van der Waals surface area contributed by atoms with Crippen molar-refractivity contribution in [3.05, 3.63) is 29.8 Å². The van der Waals surface area contributed by atoms with Crippen LogP contribution >= 0.6 is 0 Å². The molecule has 1 amide bonds. The number of hydrogen-bond acceptors (Lipinski definition) is 3. The molecule has 0 spiro atoms. The third-order valence-corrected chi connectivity index (χ3v) is 4.31. The number of hydrogen-bond donors (Lipinski definition) is 0. The van der Waals surface area contributed by atoms with E-state index < -0.39 is 5.92 Å². The van der Waals surface area contributed by atoms with E-state index in [2.05, 4.69) is 13.0 Å². The SMILES string of the molecule is Cc1ccccc1OCCC(C#N)C(=O)N1CCC(C)CC1. The smallest absolute Gasteiger partial charge is 0.240 e. The summed E-state index contributed by atoms with van der Waals surface area (Å²) in [5.74, 6) is 0.854. The molecule has 0 saturated carbocycles. The van der Waals surface area contributed by atoms with Crippen LogP contribution in [0.3, 0.4) is 0 Å². The highest BCUT2D eigenvalue weighted by Crippen LogP contribution is 2.20. The first-order chi connectivity index (χ1) is 10.6. The number of benzene rings is 1. The third-order valence-electron chi connectivity index (χ3n) is 4.31. The van der Waals surface area contributed by atoms with Crippen molar-refractivity contribution in [1.29, 1.82) is 5.26 Å². The summed E-state index contributed by atoms with van der Waals surface area (Å²) >= 11 is 0. The molecule has 2 rings (SSSR count). The Morgan fingerprint density at radius 1 is 1.41 bits per heavy atom. The minimum atomic E-state index is -0.600. The second-order valence-electron chi connectivity index (χ2n) is 6.09. The maximum atomic E-state index is 12.4. The summed E-state index contributed by atoms with van der Waals surface area (Å²) in [4.78, 5) is 14.2. The number of nitrogens with zero attached hydrogens (tertiary/aromatic N) is 2. The summed E-state index contributed by atoms with van der Waals surface area (Å²) in [5.41, 5.74) is 1.06. The van der Waals surface area contributed by atoms with Crippen LogP contribution in [-0.4, -0.2) is 30.5 Å². The average molecular weight is 300 g/mol. The van der Waals surface area contributed by atoms with Gasteiger partial charge in [-0.2, -0.15) is 5.26 Å². The standard InChI is InChI=1S/C18H24N2O2/c1-14-7-10-20(11-8-14)18(21)16(13-19)9-12-22-17-6-4-3-5-15(17)2/h3-6,14,16H,7-12H2,1-2H3. The predicted octanol–water partition coefficient (Wildman–Crippen LogP) is 3.16. The second kappa shape index (κ2) is 7.84. The first-order valence-corrected chi connectivity index (χ1v) is 7.98. The first kappa shape index (κ1) is 16.4. The fraction of sp³-hybridized carbons (Fsp3) is 0.556. The Kier molecular flexibility index (Phi) is 5.83. The molecule has 1 heterocycles. The van der Waals surface area contributed by atoms with E-state index >= 15 is 0 Å². The van der Waals surface area contributed by atoms with E-state index in [4.69, 9.17) is 4.74 Å². The zero-order chi connectivity index (χ0) is 15.9. The fourth-order valence-corrected chi connectivity index (χ4v) is 2.70. The zero-order valence-electron chi connectivity index (χ0n) is 13.4. The lowest BCUT2D eigenvalue weighted by Crippen LogP contribution is -2.41. The Hall–Kier alpha value is -2.02. The highest BCUT2D eigenvalue weighted by molar-refractivity contribution is 5.81. The van der Waals surface area contributed by atoms with E-state index in [0.717, 1.165) is 37.2 Å². The van der Waals surface area contributed by atoms with Gasteiger partial charge in [-0.05, 0) is 37.3 Å². The van der Waals surface area contributed by atoms with E-state index in [9.17, 15) is 10.1 Å². The minimum Gasteiger partial charge on any atom is -0.493 e. The highest BCUT2D eigenvalue weighted by Gasteiger charge is 2.27. The molecule has 0 aromatic heterocycles. The molecule has 1 aromatic carbocycles. The Bertz CT molecular complexity index is 542. The minimum absolute atomic E-state index is 0.0391. The van der Waals surface area contributed by atoms with Crippen LogP contribution < -0.4 is 4.74 Å². The van der Waals surface area contributed by atoms with Crippen LogP contribution in [0.25, 0.3) is 0 Å². The Labute approximate surface area is 132 Å². The molecule has 0 radical (unpaired) electrons. The number of para-hydroxylation sites is 1. The van der Waals surface area contributed by atoms with E-state index in [1.807, 2.05) is 36.1 Å². The van der Waals surface area contributed by atoms with Gasteiger partial charge in [0.25, 0.3) is 0 Å². The number of nitriles is 1. The Morgan fingerprint density at radius 3 is 2.73 bits per heavy atom. The summed E-state index contributed by atoms with van der Waals surface area (Å²) in [6.07, 6.45) is 2.50. The molecule has 1 aliphatic rings. The second-order valence-corrected chi connectivity index (χ2v) is 6.09. The molecule has 4 nitrogen and oxygen atoms in total. The summed E-state index contributed by atoms with van der Waals surface area (Å²) in [5, 5.41) is 9.28. The number of piperidine rings is 1. The molecule has 0 N–H and O–H groups in total. The predicted molar refractivity (Wildman–Crippen MR) is 85.4 cm³/mol. The van der Waals surface area contributed by atoms with Gasteiger partial charge in [0.05, 0.1) is 12.7 Å². The third kappa shape index (κ3) is 4.24. The van der Waals surface area contributed by atoms with Gasteiger partial charge in [0.2, 0.25) is 5.91 Å². The Morgan fingerprint density at radius 2 is 2.09 bits per heavy atom. The van der Waals surface area contributed by atoms with Gasteiger partial charge in [-0.1, -0.05) is 25.1 Å². The van der Waals surface area contributed by atoms with Gasteiger partial charge < -0.3 is 9.64 Å². The average Bonchev–Trinajstić information content (AvgIpc) is 2.53. The van der Waals surface area contributed by atoms with Gasteiger partial charge in [-0.15, -0.1) is 0 Å².